The summed E-state index contributed by atoms with van der Waals surface area (Å²) in [5.74, 6) is -0.446. The van der Waals surface area contributed by atoms with Crippen molar-refractivity contribution < 1.29 is 18.1 Å². The van der Waals surface area contributed by atoms with E-state index in [-0.39, 0.29) is 5.91 Å². The van der Waals surface area contributed by atoms with Gasteiger partial charge < -0.3 is 9.42 Å². The van der Waals surface area contributed by atoms with Crippen molar-refractivity contribution in [3.8, 4) is 11.4 Å². The fourth-order valence-electron chi connectivity index (χ4n) is 3.96. The lowest BCUT2D eigenvalue weighted by atomic mass is 10.1. The Morgan fingerprint density at radius 3 is 2.48 bits per heavy atom. The predicted octanol–water partition coefficient (Wildman–Crippen LogP) is 4.03. The van der Waals surface area contributed by atoms with Crippen LogP contribution >= 0.6 is 0 Å². The van der Waals surface area contributed by atoms with Gasteiger partial charge in [-0.15, -0.1) is 0 Å². The smallest absolute Gasteiger partial charge is 0.227 e. The Morgan fingerprint density at radius 1 is 1.00 bits per heavy atom. The Labute approximate surface area is 192 Å². The Balaban J connectivity index is 1.16. The van der Waals surface area contributed by atoms with Gasteiger partial charge in [-0.05, 0) is 44.0 Å². The van der Waals surface area contributed by atoms with Crippen molar-refractivity contribution in [1.29, 1.82) is 0 Å². The molecule has 0 N–H and O–H groups in total. The molecule has 1 aliphatic heterocycles. The van der Waals surface area contributed by atoms with Gasteiger partial charge in [0.1, 0.15) is 0 Å². The molecule has 1 amide bonds. The van der Waals surface area contributed by atoms with Gasteiger partial charge in [-0.2, -0.15) is 4.98 Å². The van der Waals surface area contributed by atoms with Crippen LogP contribution in [0.5, 0.6) is 0 Å². The Kier molecular flexibility index (Phi) is 7.44. The Bertz CT molecular complexity index is 1080. The van der Waals surface area contributed by atoms with E-state index < -0.39 is 11.6 Å². The third kappa shape index (κ3) is 6.22. The second kappa shape index (κ2) is 10.7. The zero-order chi connectivity index (χ0) is 23.2. The molecule has 8 heteroatoms. The van der Waals surface area contributed by atoms with E-state index in [9.17, 15) is 13.6 Å². The van der Waals surface area contributed by atoms with E-state index in [1.54, 1.807) is 0 Å². The van der Waals surface area contributed by atoms with Crippen LogP contribution in [-0.2, 0) is 17.6 Å². The van der Waals surface area contributed by atoms with E-state index in [0.29, 0.717) is 49.6 Å². The molecule has 1 aromatic heterocycles. The van der Waals surface area contributed by atoms with Crippen molar-refractivity contribution in [3.05, 3.63) is 71.1 Å². The monoisotopic (exact) mass is 454 g/mol. The highest BCUT2D eigenvalue weighted by Gasteiger charge is 2.21. The van der Waals surface area contributed by atoms with Gasteiger partial charge in [0.25, 0.3) is 0 Å². The molecule has 0 saturated carbocycles. The fourth-order valence-corrected chi connectivity index (χ4v) is 3.96. The van der Waals surface area contributed by atoms with E-state index >= 15 is 0 Å². The van der Waals surface area contributed by atoms with Crippen LogP contribution < -0.4 is 0 Å². The molecule has 0 radical (unpaired) electrons. The number of halogens is 2. The number of piperazine rings is 1. The lowest BCUT2D eigenvalue weighted by Crippen LogP contribution is -2.48. The quantitative estimate of drug-likeness (QED) is 0.514. The van der Waals surface area contributed by atoms with Crippen molar-refractivity contribution in [2.45, 2.75) is 32.6 Å². The Morgan fingerprint density at radius 2 is 1.76 bits per heavy atom. The van der Waals surface area contributed by atoms with Gasteiger partial charge in [-0.3, -0.25) is 9.69 Å². The van der Waals surface area contributed by atoms with Crippen molar-refractivity contribution in [3.63, 3.8) is 0 Å². The highest BCUT2D eigenvalue weighted by atomic mass is 19.2. The van der Waals surface area contributed by atoms with Gasteiger partial charge in [0.2, 0.25) is 17.6 Å². The first-order chi connectivity index (χ1) is 16.0. The zero-order valence-electron chi connectivity index (χ0n) is 18.8. The van der Waals surface area contributed by atoms with E-state index in [2.05, 4.69) is 15.0 Å². The van der Waals surface area contributed by atoms with Crippen LogP contribution in [0.25, 0.3) is 11.4 Å². The molecule has 174 valence electrons. The minimum absolute atomic E-state index is 0.0499. The first-order valence-electron chi connectivity index (χ1n) is 11.3. The van der Waals surface area contributed by atoms with Crippen LogP contribution in [0.2, 0.25) is 0 Å². The molecular formula is C25H28F2N4O2. The molecule has 0 aliphatic carbocycles. The fraction of sp³-hybridized carbons (Fsp3) is 0.400. The summed E-state index contributed by atoms with van der Waals surface area (Å²) in [7, 11) is 0. The van der Waals surface area contributed by atoms with Gasteiger partial charge in [0.15, 0.2) is 11.6 Å². The average Bonchev–Trinajstić information content (AvgIpc) is 3.29. The third-order valence-corrected chi connectivity index (χ3v) is 5.98. The van der Waals surface area contributed by atoms with Crippen molar-refractivity contribution >= 4 is 5.91 Å². The third-order valence-electron chi connectivity index (χ3n) is 5.98. The summed E-state index contributed by atoms with van der Waals surface area (Å²) in [6, 6.07) is 11.8. The summed E-state index contributed by atoms with van der Waals surface area (Å²) in [6.07, 6.45) is 2.32. The number of carbonyl (C=O) groups is 1. The normalized spacial score (nSPS) is 14.6. The molecule has 1 saturated heterocycles. The summed E-state index contributed by atoms with van der Waals surface area (Å²) in [5, 5.41) is 4.08. The zero-order valence-corrected chi connectivity index (χ0v) is 18.8. The van der Waals surface area contributed by atoms with E-state index in [4.69, 9.17) is 4.52 Å². The van der Waals surface area contributed by atoms with Crippen LogP contribution in [-0.4, -0.2) is 58.6 Å². The number of nitrogens with zero attached hydrogens (tertiary/aromatic N) is 4. The van der Waals surface area contributed by atoms with Crippen LogP contribution in [0.1, 0.15) is 29.9 Å². The standard InChI is InChI=1S/C25H28F2N4O2/c1-18-4-8-20(9-5-18)25-28-23(33-29-25)3-2-12-30-13-15-31(16-14-30)24(32)11-7-19-6-10-21(26)22(27)17-19/h4-6,8-10,17H,2-3,7,11-16H2,1H3. The SMILES string of the molecule is Cc1ccc(-c2noc(CCCN3CCN(C(=O)CCc4ccc(F)c(F)c4)CC3)n2)cc1. The molecule has 6 nitrogen and oxygen atoms in total. The van der Waals surface area contributed by atoms with Gasteiger partial charge in [0, 0.05) is 44.6 Å². The lowest BCUT2D eigenvalue weighted by molar-refractivity contribution is -0.132. The molecule has 1 aliphatic rings. The first kappa shape index (κ1) is 23.0. The number of carbonyl (C=O) groups excluding carboxylic acids is 1. The van der Waals surface area contributed by atoms with Crippen molar-refractivity contribution in [2.75, 3.05) is 32.7 Å². The second-order valence-electron chi connectivity index (χ2n) is 8.45. The van der Waals surface area contributed by atoms with Gasteiger partial charge in [-0.1, -0.05) is 41.1 Å². The summed E-state index contributed by atoms with van der Waals surface area (Å²) < 4.78 is 31.7. The summed E-state index contributed by atoms with van der Waals surface area (Å²) in [5.41, 5.74) is 2.76. The number of benzene rings is 2. The predicted molar refractivity (Wildman–Crippen MR) is 120 cm³/mol. The molecule has 0 atom stereocenters. The molecule has 2 aromatic carbocycles. The van der Waals surface area contributed by atoms with Gasteiger partial charge >= 0.3 is 0 Å². The molecular weight excluding hydrogens is 426 g/mol. The molecule has 33 heavy (non-hydrogen) atoms. The minimum Gasteiger partial charge on any atom is -0.340 e. The molecule has 4 rings (SSSR count). The molecule has 1 fully saturated rings. The summed E-state index contributed by atoms with van der Waals surface area (Å²) in [6.45, 7) is 5.92. The topological polar surface area (TPSA) is 62.5 Å². The maximum Gasteiger partial charge on any atom is 0.227 e. The van der Waals surface area contributed by atoms with Crippen LogP contribution in [0, 0.1) is 18.6 Å². The first-order valence-corrected chi connectivity index (χ1v) is 11.3. The van der Waals surface area contributed by atoms with Crippen LogP contribution in [0.4, 0.5) is 8.78 Å². The molecule has 0 spiro atoms. The number of rotatable bonds is 8. The van der Waals surface area contributed by atoms with Crippen molar-refractivity contribution in [1.82, 2.24) is 19.9 Å². The van der Waals surface area contributed by atoms with Gasteiger partial charge in [0.05, 0.1) is 0 Å². The molecule has 0 unspecified atom stereocenters. The number of aryl methyl sites for hydroxylation is 3. The molecule has 3 aromatic rings. The highest BCUT2D eigenvalue weighted by Crippen LogP contribution is 2.17. The molecule has 0 bridgehead atoms. The van der Waals surface area contributed by atoms with Crippen LogP contribution in [0.15, 0.2) is 47.0 Å². The minimum atomic E-state index is -0.875. The maximum atomic E-state index is 13.3. The largest absolute Gasteiger partial charge is 0.340 e. The number of hydrogen-bond acceptors (Lipinski definition) is 5. The molecule has 2 heterocycles. The van der Waals surface area contributed by atoms with E-state index in [1.165, 1.54) is 11.6 Å². The highest BCUT2D eigenvalue weighted by molar-refractivity contribution is 5.76. The maximum absolute atomic E-state index is 13.3. The number of aromatic nitrogens is 2. The summed E-state index contributed by atoms with van der Waals surface area (Å²) in [4.78, 5) is 21.1. The number of amides is 1. The van der Waals surface area contributed by atoms with Crippen LogP contribution in [0.3, 0.4) is 0 Å². The Hall–Kier alpha value is -3.13. The van der Waals surface area contributed by atoms with Gasteiger partial charge in [-0.25, -0.2) is 8.78 Å². The average molecular weight is 455 g/mol. The summed E-state index contributed by atoms with van der Waals surface area (Å²) >= 11 is 0. The second-order valence-corrected chi connectivity index (χ2v) is 8.45. The van der Waals surface area contributed by atoms with E-state index in [1.807, 2.05) is 36.1 Å². The number of hydrogen-bond donors (Lipinski definition) is 0. The van der Waals surface area contributed by atoms with E-state index in [0.717, 1.165) is 43.8 Å². The van der Waals surface area contributed by atoms with Crippen molar-refractivity contribution in [2.24, 2.45) is 0 Å². The lowest BCUT2D eigenvalue weighted by Gasteiger charge is -2.34.